The lowest BCUT2D eigenvalue weighted by Crippen LogP contribution is -2.17. The van der Waals surface area contributed by atoms with Gasteiger partial charge in [0, 0.05) is 11.1 Å². The number of ether oxygens (including phenoxy) is 1. The second-order valence-corrected chi connectivity index (χ2v) is 7.53. The molecule has 0 saturated carbocycles. The molecule has 2 aromatic carbocycles. The van der Waals surface area contributed by atoms with E-state index in [-0.39, 0.29) is 16.4 Å². The van der Waals surface area contributed by atoms with Gasteiger partial charge in [-0.15, -0.1) is 0 Å². The van der Waals surface area contributed by atoms with Crippen LogP contribution in [0.3, 0.4) is 0 Å². The van der Waals surface area contributed by atoms with E-state index in [1.165, 1.54) is 25.3 Å². The van der Waals surface area contributed by atoms with E-state index >= 15 is 0 Å². The van der Waals surface area contributed by atoms with Gasteiger partial charge in [-0.2, -0.15) is 12.8 Å². The summed E-state index contributed by atoms with van der Waals surface area (Å²) in [5.74, 6) is -0.144. The minimum atomic E-state index is -3.89. The summed E-state index contributed by atoms with van der Waals surface area (Å²) in [6, 6.07) is 16.6. The fraction of sp³-hybridized carbons (Fsp3) is 0.0952. The Morgan fingerprint density at radius 3 is 2.07 bits per heavy atom. The largest absolute Gasteiger partial charge is 0.494 e. The van der Waals surface area contributed by atoms with Gasteiger partial charge in [0.15, 0.2) is 0 Å². The monoisotopic (exact) mass is 394 g/mol. The molecule has 0 bridgehead atoms. The Hall–Kier alpha value is -3.32. The number of sulfonamides is 1. The molecule has 0 atom stereocenters. The first-order chi connectivity index (χ1) is 13.4. The van der Waals surface area contributed by atoms with E-state index in [1.54, 1.807) is 55.5 Å². The van der Waals surface area contributed by atoms with Crippen LogP contribution in [0.5, 0.6) is 0 Å². The summed E-state index contributed by atoms with van der Waals surface area (Å²) in [7, 11) is -2.48. The lowest BCUT2D eigenvalue weighted by atomic mass is 10.0. The summed E-state index contributed by atoms with van der Waals surface area (Å²) in [6.07, 6.45) is 3.03. The van der Waals surface area contributed by atoms with Crippen molar-refractivity contribution >= 4 is 27.4 Å². The standard InChI is InChI=1S/C21H18N2O4S/c1-15-18(22-21(24)16-9-5-3-6-10-16)13-14-19(20(15)27-2)23-28(25,26)17-11-7-4-8-12-17/h3-14H,1-2H3/b22-18?,23-19-. The third-order valence-corrected chi connectivity index (χ3v) is 5.37. The number of benzene rings is 2. The van der Waals surface area contributed by atoms with Crippen molar-refractivity contribution in [3.8, 4) is 0 Å². The molecule has 0 radical (unpaired) electrons. The van der Waals surface area contributed by atoms with Crippen molar-refractivity contribution in [3.05, 3.63) is 89.7 Å². The molecule has 0 unspecified atom stereocenters. The maximum atomic E-state index is 12.5. The number of hydrogen-bond donors (Lipinski definition) is 0. The zero-order chi connectivity index (χ0) is 20.1. The number of hydrogen-bond acceptors (Lipinski definition) is 4. The lowest BCUT2D eigenvalue weighted by molar-refractivity contribution is 0.100. The summed E-state index contributed by atoms with van der Waals surface area (Å²) in [6.45, 7) is 1.70. The third kappa shape index (κ3) is 4.15. The van der Waals surface area contributed by atoms with Crippen LogP contribution in [0.2, 0.25) is 0 Å². The Balaban J connectivity index is 1.98. The molecular formula is C21H18N2O4S. The maximum absolute atomic E-state index is 12.5. The second kappa shape index (κ2) is 8.14. The predicted octanol–water partition coefficient (Wildman–Crippen LogP) is 3.59. The van der Waals surface area contributed by atoms with Crippen molar-refractivity contribution < 1.29 is 17.9 Å². The van der Waals surface area contributed by atoms with Crippen LogP contribution in [0.15, 0.2) is 98.4 Å². The molecular weight excluding hydrogens is 376 g/mol. The number of aliphatic imine (C=N–C) groups is 1. The summed E-state index contributed by atoms with van der Waals surface area (Å²) < 4.78 is 34.3. The molecule has 3 rings (SSSR count). The number of allylic oxidation sites excluding steroid dienone is 3. The van der Waals surface area contributed by atoms with Crippen molar-refractivity contribution in [1.82, 2.24) is 0 Å². The molecule has 0 saturated heterocycles. The molecule has 6 nitrogen and oxygen atoms in total. The van der Waals surface area contributed by atoms with Crippen LogP contribution in [0.4, 0.5) is 0 Å². The normalized spacial score (nSPS) is 17.2. The van der Waals surface area contributed by atoms with Gasteiger partial charge in [-0.25, -0.2) is 4.99 Å². The van der Waals surface area contributed by atoms with Gasteiger partial charge < -0.3 is 4.74 Å². The molecule has 0 aliphatic heterocycles. The van der Waals surface area contributed by atoms with Crippen molar-refractivity contribution in [3.63, 3.8) is 0 Å². The molecule has 2 aromatic rings. The van der Waals surface area contributed by atoms with Gasteiger partial charge in [0.25, 0.3) is 15.9 Å². The van der Waals surface area contributed by atoms with Crippen molar-refractivity contribution in [2.45, 2.75) is 11.8 Å². The van der Waals surface area contributed by atoms with E-state index in [2.05, 4.69) is 9.39 Å². The van der Waals surface area contributed by atoms with E-state index in [9.17, 15) is 13.2 Å². The molecule has 0 N–H and O–H groups in total. The Kier molecular flexibility index (Phi) is 5.65. The van der Waals surface area contributed by atoms with Gasteiger partial charge in [-0.1, -0.05) is 36.4 Å². The first kappa shape index (κ1) is 19.4. The van der Waals surface area contributed by atoms with E-state index in [1.807, 2.05) is 6.07 Å². The Morgan fingerprint density at radius 2 is 1.46 bits per heavy atom. The van der Waals surface area contributed by atoms with Gasteiger partial charge in [-0.3, -0.25) is 4.79 Å². The van der Waals surface area contributed by atoms with Gasteiger partial charge in [0.1, 0.15) is 11.5 Å². The highest BCUT2D eigenvalue weighted by Crippen LogP contribution is 2.20. The number of nitrogens with zero attached hydrogens (tertiary/aromatic N) is 2. The average Bonchev–Trinajstić information content (AvgIpc) is 2.71. The maximum Gasteiger partial charge on any atom is 0.282 e. The van der Waals surface area contributed by atoms with E-state index in [0.717, 1.165) is 0 Å². The first-order valence-corrected chi connectivity index (χ1v) is 9.88. The zero-order valence-corrected chi connectivity index (χ0v) is 16.2. The van der Waals surface area contributed by atoms with Crippen LogP contribution in [0, 0.1) is 0 Å². The average molecular weight is 394 g/mol. The smallest absolute Gasteiger partial charge is 0.282 e. The summed E-state index contributed by atoms with van der Waals surface area (Å²) in [4.78, 5) is 16.5. The highest BCUT2D eigenvalue weighted by Gasteiger charge is 2.22. The van der Waals surface area contributed by atoms with Crippen LogP contribution < -0.4 is 0 Å². The van der Waals surface area contributed by atoms with E-state index in [0.29, 0.717) is 16.8 Å². The molecule has 1 amide bonds. The van der Waals surface area contributed by atoms with Crippen molar-refractivity contribution in [2.75, 3.05) is 7.11 Å². The van der Waals surface area contributed by atoms with Gasteiger partial charge >= 0.3 is 0 Å². The molecule has 142 valence electrons. The minimum absolute atomic E-state index is 0.0859. The molecule has 28 heavy (non-hydrogen) atoms. The Bertz CT molecular complexity index is 1110. The number of amides is 1. The first-order valence-electron chi connectivity index (χ1n) is 8.44. The van der Waals surface area contributed by atoms with Gasteiger partial charge in [-0.05, 0) is 43.3 Å². The van der Waals surface area contributed by atoms with Crippen molar-refractivity contribution in [1.29, 1.82) is 0 Å². The lowest BCUT2D eigenvalue weighted by Gasteiger charge is -2.15. The Labute approximate surface area is 163 Å². The summed E-state index contributed by atoms with van der Waals surface area (Å²) in [5, 5.41) is 0. The molecule has 1 aliphatic rings. The van der Waals surface area contributed by atoms with Crippen LogP contribution in [-0.2, 0) is 14.8 Å². The Morgan fingerprint density at radius 1 is 0.893 bits per heavy atom. The number of carbonyl (C=O) groups excluding carboxylic acids is 1. The highest BCUT2D eigenvalue weighted by molar-refractivity contribution is 7.90. The molecule has 7 heteroatoms. The molecule has 1 aliphatic carbocycles. The zero-order valence-electron chi connectivity index (χ0n) is 15.4. The minimum Gasteiger partial charge on any atom is -0.494 e. The fourth-order valence-corrected chi connectivity index (χ4v) is 3.66. The predicted molar refractivity (Wildman–Crippen MR) is 108 cm³/mol. The van der Waals surface area contributed by atoms with E-state index in [4.69, 9.17) is 4.74 Å². The summed E-state index contributed by atoms with van der Waals surface area (Å²) in [5.41, 5.74) is 1.52. The SMILES string of the molecule is COC1=C(C)C(=NC(=O)c2ccccc2)C=C/C1=N/S(=O)(=O)c1ccccc1. The van der Waals surface area contributed by atoms with Gasteiger partial charge in [0.2, 0.25) is 0 Å². The van der Waals surface area contributed by atoms with Gasteiger partial charge in [0.05, 0.1) is 17.7 Å². The van der Waals surface area contributed by atoms with E-state index < -0.39 is 15.9 Å². The topological polar surface area (TPSA) is 85.2 Å². The quantitative estimate of drug-likeness (QED) is 0.742. The van der Waals surface area contributed by atoms with Crippen LogP contribution >= 0.6 is 0 Å². The fourth-order valence-electron chi connectivity index (χ4n) is 2.65. The number of rotatable bonds is 4. The number of carbonyl (C=O) groups is 1. The van der Waals surface area contributed by atoms with Crippen LogP contribution in [0.1, 0.15) is 17.3 Å². The van der Waals surface area contributed by atoms with Crippen LogP contribution in [0.25, 0.3) is 0 Å². The number of methoxy groups -OCH3 is 1. The highest BCUT2D eigenvalue weighted by atomic mass is 32.2. The molecule has 0 spiro atoms. The molecule has 0 heterocycles. The van der Waals surface area contributed by atoms with Crippen molar-refractivity contribution in [2.24, 2.45) is 9.39 Å². The summed E-state index contributed by atoms with van der Waals surface area (Å²) >= 11 is 0. The second-order valence-electron chi connectivity index (χ2n) is 5.92. The molecule has 0 aromatic heterocycles. The molecule has 0 fully saturated rings. The van der Waals surface area contributed by atoms with Crippen LogP contribution in [-0.4, -0.2) is 32.9 Å². The third-order valence-electron chi connectivity index (χ3n) is 4.06.